The zero-order valence-corrected chi connectivity index (χ0v) is 13.9. The smallest absolute Gasteiger partial charge is 0.416 e. The largest absolute Gasteiger partial charge is 0.508 e. The first kappa shape index (κ1) is 18.6. The van der Waals surface area contributed by atoms with E-state index >= 15 is 0 Å². The average Bonchev–Trinajstić information content (AvgIpc) is 2.44. The zero-order chi connectivity index (χ0) is 18.8. The Morgan fingerprint density at radius 3 is 2.12 bits per heavy atom. The van der Waals surface area contributed by atoms with Gasteiger partial charge in [-0.3, -0.25) is 5.32 Å². The molecule has 0 fully saturated rings. The van der Waals surface area contributed by atoms with Crippen LogP contribution in [-0.2, 0) is 10.9 Å². The summed E-state index contributed by atoms with van der Waals surface area (Å²) in [5.74, 6) is -0.471. The summed E-state index contributed by atoms with van der Waals surface area (Å²) in [6.45, 7) is 5.20. The third kappa shape index (κ3) is 5.41. The van der Waals surface area contributed by atoms with E-state index in [1.54, 1.807) is 32.9 Å². The molecule has 1 amide bonds. The van der Waals surface area contributed by atoms with Crippen LogP contribution in [0.25, 0.3) is 11.1 Å². The number of anilines is 1. The normalized spacial score (nSPS) is 11.9. The first-order valence-corrected chi connectivity index (χ1v) is 7.46. The number of hydrogen-bond donors (Lipinski definition) is 2. The fourth-order valence-electron chi connectivity index (χ4n) is 2.11. The van der Waals surface area contributed by atoms with Gasteiger partial charge in [-0.25, -0.2) is 4.79 Å². The molecule has 2 aromatic carbocycles. The molecule has 0 heterocycles. The summed E-state index contributed by atoms with van der Waals surface area (Å²) in [7, 11) is 0. The quantitative estimate of drug-likeness (QED) is 0.757. The lowest BCUT2D eigenvalue weighted by molar-refractivity contribution is -0.137. The first-order valence-electron chi connectivity index (χ1n) is 7.46. The highest BCUT2D eigenvalue weighted by atomic mass is 19.4. The second-order valence-corrected chi connectivity index (χ2v) is 6.47. The van der Waals surface area contributed by atoms with E-state index in [9.17, 15) is 23.1 Å². The molecule has 0 aromatic heterocycles. The molecule has 0 saturated carbocycles. The van der Waals surface area contributed by atoms with Crippen molar-refractivity contribution >= 4 is 11.8 Å². The summed E-state index contributed by atoms with van der Waals surface area (Å²) in [5.41, 5.74) is -0.445. The van der Waals surface area contributed by atoms with Gasteiger partial charge in [0.25, 0.3) is 0 Å². The number of rotatable bonds is 2. The number of aromatic hydroxyl groups is 1. The topological polar surface area (TPSA) is 58.6 Å². The molecular weight excluding hydrogens is 335 g/mol. The number of benzene rings is 2. The van der Waals surface area contributed by atoms with Crippen molar-refractivity contribution in [3.63, 3.8) is 0 Å². The molecule has 0 aliphatic carbocycles. The number of alkyl halides is 3. The molecule has 0 atom stereocenters. The van der Waals surface area contributed by atoms with Gasteiger partial charge in [0.15, 0.2) is 0 Å². The molecule has 4 nitrogen and oxygen atoms in total. The average molecular weight is 353 g/mol. The maximum absolute atomic E-state index is 12.8. The minimum atomic E-state index is -4.55. The highest BCUT2D eigenvalue weighted by molar-refractivity contribution is 5.85. The molecule has 2 aromatic rings. The van der Waals surface area contributed by atoms with Crippen molar-refractivity contribution in [1.82, 2.24) is 0 Å². The molecular formula is C18H18F3NO3. The lowest BCUT2D eigenvalue weighted by Crippen LogP contribution is -2.27. The number of phenols is 1. The Labute approximate surface area is 143 Å². The van der Waals surface area contributed by atoms with Gasteiger partial charge in [-0.1, -0.05) is 12.1 Å². The van der Waals surface area contributed by atoms with Crippen molar-refractivity contribution in [3.05, 3.63) is 48.0 Å². The van der Waals surface area contributed by atoms with E-state index in [1.807, 2.05) is 0 Å². The second-order valence-electron chi connectivity index (χ2n) is 6.47. The van der Waals surface area contributed by atoms with Gasteiger partial charge in [0, 0.05) is 5.69 Å². The molecule has 134 valence electrons. The number of nitrogens with one attached hydrogen (secondary N) is 1. The number of hydrogen-bond acceptors (Lipinski definition) is 3. The fourth-order valence-corrected chi connectivity index (χ4v) is 2.11. The summed E-state index contributed by atoms with van der Waals surface area (Å²) >= 11 is 0. The van der Waals surface area contributed by atoms with Crippen LogP contribution in [0.3, 0.4) is 0 Å². The predicted octanol–water partition coefficient (Wildman–Crippen LogP) is 5.43. The first-order chi connectivity index (χ1) is 11.4. The number of phenolic OH excluding ortho intramolecular Hbond substituents is 1. The number of ether oxygens (including phenoxy) is 1. The Morgan fingerprint density at radius 2 is 1.60 bits per heavy atom. The molecule has 0 saturated heterocycles. The van der Waals surface area contributed by atoms with E-state index in [0.717, 1.165) is 6.07 Å². The summed E-state index contributed by atoms with van der Waals surface area (Å²) in [6.07, 6.45) is -5.18. The van der Waals surface area contributed by atoms with Gasteiger partial charge in [-0.05, 0) is 62.2 Å². The fraction of sp³-hybridized carbons (Fsp3) is 0.278. The molecule has 2 N–H and O–H groups in total. The molecule has 25 heavy (non-hydrogen) atoms. The zero-order valence-electron chi connectivity index (χ0n) is 13.9. The van der Waals surface area contributed by atoms with E-state index in [2.05, 4.69) is 5.32 Å². The van der Waals surface area contributed by atoms with Crippen molar-refractivity contribution < 1.29 is 27.8 Å². The number of carbonyl (C=O) groups excluding carboxylic acids is 1. The second kappa shape index (κ2) is 6.66. The van der Waals surface area contributed by atoms with Crippen LogP contribution in [0.4, 0.5) is 23.7 Å². The summed E-state index contributed by atoms with van der Waals surface area (Å²) in [4.78, 5) is 11.7. The molecule has 0 spiro atoms. The molecule has 2 rings (SSSR count). The Hall–Kier alpha value is -2.70. The maximum atomic E-state index is 12.8. The van der Waals surface area contributed by atoms with Gasteiger partial charge in [-0.15, -0.1) is 0 Å². The third-order valence-electron chi connectivity index (χ3n) is 3.11. The lowest BCUT2D eigenvalue weighted by atomic mass is 10.0. The van der Waals surface area contributed by atoms with Crippen molar-refractivity contribution in [3.8, 4) is 16.9 Å². The SMILES string of the molecule is CC(C)(C)OC(=O)Nc1ccc(-c2cc(O)cc(C(F)(F)F)c2)cc1. The highest BCUT2D eigenvalue weighted by Gasteiger charge is 2.31. The summed E-state index contributed by atoms with van der Waals surface area (Å²) in [6, 6.07) is 9.03. The van der Waals surface area contributed by atoms with E-state index < -0.39 is 29.2 Å². The van der Waals surface area contributed by atoms with Gasteiger partial charge in [-0.2, -0.15) is 13.2 Å². The Balaban J connectivity index is 2.20. The van der Waals surface area contributed by atoms with Gasteiger partial charge in [0.05, 0.1) is 5.56 Å². The summed E-state index contributed by atoms with van der Waals surface area (Å²) in [5, 5.41) is 12.1. The highest BCUT2D eigenvalue weighted by Crippen LogP contribution is 2.35. The lowest BCUT2D eigenvalue weighted by Gasteiger charge is -2.19. The van der Waals surface area contributed by atoms with Gasteiger partial charge in [0.1, 0.15) is 11.4 Å². The minimum Gasteiger partial charge on any atom is -0.508 e. The van der Waals surface area contributed by atoms with Crippen LogP contribution in [0.1, 0.15) is 26.3 Å². The number of amides is 1. The summed E-state index contributed by atoms with van der Waals surface area (Å²) < 4.78 is 43.6. The minimum absolute atomic E-state index is 0.219. The maximum Gasteiger partial charge on any atom is 0.416 e. The van der Waals surface area contributed by atoms with Crippen molar-refractivity contribution in [2.24, 2.45) is 0 Å². The monoisotopic (exact) mass is 353 g/mol. The van der Waals surface area contributed by atoms with Crippen molar-refractivity contribution in [2.45, 2.75) is 32.5 Å². The third-order valence-corrected chi connectivity index (χ3v) is 3.11. The van der Waals surface area contributed by atoms with E-state index in [4.69, 9.17) is 4.74 Å². The van der Waals surface area contributed by atoms with Gasteiger partial charge < -0.3 is 9.84 Å². The predicted molar refractivity (Wildman–Crippen MR) is 88.4 cm³/mol. The van der Waals surface area contributed by atoms with Crippen molar-refractivity contribution in [2.75, 3.05) is 5.32 Å². The number of carbonyl (C=O) groups is 1. The van der Waals surface area contributed by atoms with Crippen LogP contribution in [0, 0.1) is 0 Å². The molecule has 0 bridgehead atoms. The molecule has 0 aliphatic rings. The van der Waals surface area contributed by atoms with Crippen LogP contribution in [0.2, 0.25) is 0 Å². The van der Waals surface area contributed by atoms with Crippen LogP contribution < -0.4 is 5.32 Å². The van der Waals surface area contributed by atoms with Crippen LogP contribution in [0.5, 0.6) is 5.75 Å². The molecule has 0 aliphatic heterocycles. The van der Waals surface area contributed by atoms with Gasteiger partial charge >= 0.3 is 12.3 Å². The van der Waals surface area contributed by atoms with Crippen LogP contribution in [0.15, 0.2) is 42.5 Å². The molecule has 0 unspecified atom stereocenters. The van der Waals surface area contributed by atoms with E-state index in [1.165, 1.54) is 18.2 Å². The molecule has 7 heteroatoms. The number of halogens is 3. The Morgan fingerprint density at radius 1 is 1.00 bits per heavy atom. The Bertz CT molecular complexity index is 763. The van der Waals surface area contributed by atoms with Crippen LogP contribution >= 0.6 is 0 Å². The molecule has 0 radical (unpaired) electrons. The van der Waals surface area contributed by atoms with E-state index in [0.29, 0.717) is 17.3 Å². The van der Waals surface area contributed by atoms with Crippen molar-refractivity contribution in [1.29, 1.82) is 0 Å². The van der Waals surface area contributed by atoms with Crippen LogP contribution in [-0.4, -0.2) is 16.8 Å². The van der Waals surface area contributed by atoms with E-state index in [-0.39, 0.29) is 5.56 Å². The Kier molecular flexibility index (Phi) is 4.97. The standard InChI is InChI=1S/C18H18F3NO3/c1-17(2,3)25-16(24)22-14-6-4-11(5-7-14)12-8-13(18(19,20)21)10-15(23)9-12/h4-10,23H,1-3H3,(H,22,24). The van der Waals surface area contributed by atoms with Gasteiger partial charge in [0.2, 0.25) is 0 Å².